The van der Waals surface area contributed by atoms with E-state index in [1.165, 1.54) is 30.3 Å². The van der Waals surface area contributed by atoms with Crippen LogP contribution >= 0.6 is 0 Å². The quantitative estimate of drug-likeness (QED) is 0.673. The van der Waals surface area contributed by atoms with Crippen molar-refractivity contribution < 1.29 is 28.3 Å². The molecule has 0 bridgehead atoms. The van der Waals surface area contributed by atoms with E-state index in [-0.39, 0.29) is 37.5 Å². The van der Waals surface area contributed by atoms with Gasteiger partial charge in [0.25, 0.3) is 5.91 Å². The molecule has 168 valence electrons. The van der Waals surface area contributed by atoms with Crippen LogP contribution in [0.1, 0.15) is 17.4 Å². The molecule has 1 aromatic heterocycles. The molecular weight excluding hydrogens is 416 g/mol. The Morgan fingerprint density at radius 1 is 1.22 bits per heavy atom. The van der Waals surface area contributed by atoms with Gasteiger partial charge in [-0.15, -0.1) is 0 Å². The number of rotatable bonds is 7. The van der Waals surface area contributed by atoms with E-state index >= 15 is 0 Å². The number of nitrogens with zero attached hydrogens (tertiary/aromatic N) is 2. The Labute approximate surface area is 184 Å². The second-order valence-electron chi connectivity index (χ2n) is 7.40. The van der Waals surface area contributed by atoms with Crippen molar-refractivity contribution in [1.82, 2.24) is 20.4 Å². The minimum atomic E-state index is -0.734. The maximum absolute atomic E-state index is 13.3. The summed E-state index contributed by atoms with van der Waals surface area (Å²) in [7, 11) is 4.61. The smallest absolute Gasteiger partial charge is 0.322 e. The number of furan rings is 1. The van der Waals surface area contributed by atoms with E-state index in [4.69, 9.17) is 13.9 Å². The Morgan fingerprint density at radius 3 is 2.72 bits per heavy atom. The Morgan fingerprint density at radius 2 is 2.03 bits per heavy atom. The van der Waals surface area contributed by atoms with Crippen molar-refractivity contribution in [3.63, 3.8) is 0 Å². The summed E-state index contributed by atoms with van der Waals surface area (Å²) in [6, 6.07) is 7.67. The first-order valence-electron chi connectivity index (χ1n) is 10.0. The van der Waals surface area contributed by atoms with Crippen molar-refractivity contribution in [3.8, 4) is 11.5 Å². The molecular formula is C22H24N4O6. The van der Waals surface area contributed by atoms with E-state index in [1.54, 1.807) is 37.4 Å². The number of nitrogens with one attached hydrogen (secondary N) is 2. The van der Waals surface area contributed by atoms with Gasteiger partial charge in [-0.25, -0.2) is 4.79 Å². The van der Waals surface area contributed by atoms with Gasteiger partial charge in [0.05, 0.1) is 50.9 Å². The van der Waals surface area contributed by atoms with Gasteiger partial charge in [-0.1, -0.05) is 12.1 Å². The minimum Gasteiger partial charge on any atom is -0.493 e. The molecule has 0 fully saturated rings. The van der Waals surface area contributed by atoms with E-state index in [0.717, 1.165) is 0 Å². The third-order valence-electron chi connectivity index (χ3n) is 5.55. The maximum atomic E-state index is 13.3. The van der Waals surface area contributed by atoms with E-state index in [2.05, 4.69) is 10.6 Å². The summed E-state index contributed by atoms with van der Waals surface area (Å²) in [5.41, 5.74) is 1.54. The van der Waals surface area contributed by atoms with Gasteiger partial charge in [0.15, 0.2) is 11.5 Å². The SMILES string of the molecule is COc1cccc([C@H]2NC(=O)N(C)C3=C2C(=O)N(CC(=O)NCc2ccco2)C3)c1OC. The van der Waals surface area contributed by atoms with Crippen molar-refractivity contribution in [3.05, 3.63) is 59.2 Å². The van der Waals surface area contributed by atoms with Crippen LogP contribution in [-0.4, -0.2) is 62.0 Å². The molecule has 0 unspecified atom stereocenters. The van der Waals surface area contributed by atoms with Crippen molar-refractivity contribution in [2.75, 3.05) is 34.4 Å². The van der Waals surface area contributed by atoms with E-state index < -0.39 is 6.04 Å². The number of hydrogen-bond acceptors (Lipinski definition) is 6. The highest BCUT2D eigenvalue weighted by Crippen LogP contribution is 2.42. The average molecular weight is 440 g/mol. The third-order valence-corrected chi connectivity index (χ3v) is 5.55. The average Bonchev–Trinajstić information content (AvgIpc) is 3.43. The van der Waals surface area contributed by atoms with Crippen LogP contribution in [0.25, 0.3) is 0 Å². The fraction of sp³-hybridized carbons (Fsp3) is 0.318. The van der Waals surface area contributed by atoms with Gasteiger partial charge >= 0.3 is 6.03 Å². The van der Waals surface area contributed by atoms with Crippen LogP contribution < -0.4 is 20.1 Å². The van der Waals surface area contributed by atoms with Crippen LogP contribution in [0.4, 0.5) is 4.79 Å². The second kappa shape index (κ2) is 8.66. The highest BCUT2D eigenvalue weighted by Gasteiger charge is 2.44. The predicted octanol–water partition coefficient (Wildman–Crippen LogP) is 1.41. The molecule has 2 N–H and O–H groups in total. The molecule has 2 aliphatic rings. The zero-order valence-corrected chi connectivity index (χ0v) is 18.0. The molecule has 0 aliphatic carbocycles. The van der Waals surface area contributed by atoms with Gasteiger partial charge in [0.1, 0.15) is 12.3 Å². The standard InChI is InChI=1S/C22H24N4O6/c1-25-15-11-26(12-17(27)23-10-13-6-5-9-32-13)21(28)18(15)19(24-22(25)29)14-7-4-8-16(30-2)20(14)31-3/h4-9,19H,10-12H2,1-3H3,(H,23,27)(H,24,29)/t19-/m1/s1. The normalized spacial score (nSPS) is 17.9. The number of para-hydroxylation sites is 1. The fourth-order valence-corrected chi connectivity index (χ4v) is 3.95. The molecule has 32 heavy (non-hydrogen) atoms. The van der Waals surface area contributed by atoms with E-state index in [1.807, 2.05) is 0 Å². The van der Waals surface area contributed by atoms with Crippen molar-refractivity contribution in [2.45, 2.75) is 12.6 Å². The highest BCUT2D eigenvalue weighted by molar-refractivity contribution is 6.03. The molecule has 1 atom stereocenters. The van der Waals surface area contributed by atoms with E-state index in [9.17, 15) is 14.4 Å². The van der Waals surface area contributed by atoms with Gasteiger partial charge in [-0.3, -0.25) is 14.5 Å². The van der Waals surface area contributed by atoms with Crippen LogP contribution in [0.15, 0.2) is 52.3 Å². The second-order valence-corrected chi connectivity index (χ2v) is 7.40. The molecule has 3 heterocycles. The van der Waals surface area contributed by atoms with Gasteiger partial charge < -0.3 is 29.4 Å². The molecule has 1 aromatic carbocycles. The number of urea groups is 1. The fourth-order valence-electron chi connectivity index (χ4n) is 3.95. The van der Waals surface area contributed by atoms with Crippen LogP contribution in [-0.2, 0) is 16.1 Å². The molecule has 0 spiro atoms. The number of carbonyl (C=O) groups excluding carboxylic acids is 3. The van der Waals surface area contributed by atoms with Crippen molar-refractivity contribution >= 4 is 17.8 Å². The summed E-state index contributed by atoms with van der Waals surface area (Å²) >= 11 is 0. The van der Waals surface area contributed by atoms with Gasteiger partial charge in [0, 0.05) is 12.6 Å². The molecule has 10 heteroatoms. The molecule has 2 aliphatic heterocycles. The van der Waals surface area contributed by atoms with Gasteiger partial charge in [-0.05, 0) is 18.2 Å². The van der Waals surface area contributed by atoms with Gasteiger partial charge in [0.2, 0.25) is 5.91 Å². The highest BCUT2D eigenvalue weighted by atomic mass is 16.5. The summed E-state index contributed by atoms with van der Waals surface area (Å²) in [5.74, 6) is 0.879. The maximum Gasteiger partial charge on any atom is 0.322 e. The van der Waals surface area contributed by atoms with Gasteiger partial charge in [-0.2, -0.15) is 0 Å². The zero-order valence-electron chi connectivity index (χ0n) is 18.0. The first kappa shape index (κ1) is 21.3. The summed E-state index contributed by atoms with van der Waals surface area (Å²) in [4.78, 5) is 41.2. The number of hydrogen-bond donors (Lipinski definition) is 2. The van der Waals surface area contributed by atoms with Crippen LogP contribution in [0.5, 0.6) is 11.5 Å². The molecule has 4 amide bonds. The Kier molecular flexibility index (Phi) is 5.76. The summed E-state index contributed by atoms with van der Waals surface area (Å²) in [5, 5.41) is 5.59. The number of amides is 4. The monoisotopic (exact) mass is 440 g/mol. The largest absolute Gasteiger partial charge is 0.493 e. The third kappa shape index (κ3) is 3.75. The lowest BCUT2D eigenvalue weighted by Gasteiger charge is -2.31. The number of carbonyl (C=O) groups is 3. The number of methoxy groups -OCH3 is 2. The molecule has 0 saturated heterocycles. The van der Waals surface area contributed by atoms with Crippen LogP contribution in [0.3, 0.4) is 0 Å². The minimum absolute atomic E-state index is 0.142. The lowest BCUT2D eigenvalue weighted by Crippen LogP contribution is -2.45. The summed E-state index contributed by atoms with van der Waals surface area (Å²) in [6.45, 7) is 0.232. The summed E-state index contributed by atoms with van der Waals surface area (Å²) in [6.07, 6.45) is 1.52. The number of ether oxygens (including phenoxy) is 2. The zero-order chi connectivity index (χ0) is 22.8. The van der Waals surface area contributed by atoms with Crippen molar-refractivity contribution in [1.29, 1.82) is 0 Å². The molecule has 4 rings (SSSR count). The number of likely N-dealkylation sites (N-methyl/N-ethyl adjacent to an activating group) is 1. The first-order chi connectivity index (χ1) is 15.4. The molecule has 10 nitrogen and oxygen atoms in total. The predicted molar refractivity (Wildman–Crippen MR) is 113 cm³/mol. The molecule has 2 aromatic rings. The van der Waals surface area contributed by atoms with Crippen LogP contribution in [0.2, 0.25) is 0 Å². The molecule has 0 radical (unpaired) electrons. The topological polar surface area (TPSA) is 113 Å². The Hall–Kier alpha value is -3.95. The van der Waals surface area contributed by atoms with Crippen LogP contribution in [0, 0.1) is 0 Å². The Balaban J connectivity index is 1.58. The Bertz CT molecular complexity index is 1080. The molecule has 0 saturated carbocycles. The van der Waals surface area contributed by atoms with Crippen molar-refractivity contribution in [2.24, 2.45) is 0 Å². The first-order valence-corrected chi connectivity index (χ1v) is 10.0. The van der Waals surface area contributed by atoms with E-state index in [0.29, 0.717) is 34.1 Å². The number of benzene rings is 1. The lowest BCUT2D eigenvalue weighted by atomic mass is 9.94. The lowest BCUT2D eigenvalue weighted by molar-refractivity contribution is -0.132. The summed E-state index contributed by atoms with van der Waals surface area (Å²) < 4.78 is 16.1.